The van der Waals surface area contributed by atoms with Gasteiger partial charge in [-0.25, -0.2) is 9.18 Å². The van der Waals surface area contributed by atoms with E-state index in [4.69, 9.17) is 4.74 Å². The van der Waals surface area contributed by atoms with E-state index in [2.05, 4.69) is 29.6 Å². The molecule has 0 aromatic heterocycles. The maximum absolute atomic E-state index is 13.9. The SMILES string of the molecule is CC(C)(Cc1ccccc1F)NC(=O)OCC1c2ccccc2-c2ccccc21. The fourth-order valence-corrected chi connectivity index (χ4v) is 4.07. The number of carbonyl (C=O) groups excluding carboxylic acids is 1. The van der Waals surface area contributed by atoms with Crippen LogP contribution in [-0.2, 0) is 11.2 Å². The highest BCUT2D eigenvalue weighted by Gasteiger charge is 2.30. The third-order valence-corrected chi connectivity index (χ3v) is 5.37. The molecule has 1 N–H and O–H groups in total. The molecule has 0 bridgehead atoms. The average molecular weight is 389 g/mol. The molecule has 29 heavy (non-hydrogen) atoms. The maximum Gasteiger partial charge on any atom is 0.407 e. The third-order valence-electron chi connectivity index (χ3n) is 5.37. The Hall–Kier alpha value is -3.14. The summed E-state index contributed by atoms with van der Waals surface area (Å²) in [5.41, 5.74) is 4.66. The number of ether oxygens (including phenoxy) is 1. The molecule has 0 spiro atoms. The molecule has 3 nitrogen and oxygen atoms in total. The quantitative estimate of drug-likeness (QED) is 0.609. The molecule has 0 aliphatic heterocycles. The molecule has 4 rings (SSSR count). The smallest absolute Gasteiger partial charge is 0.407 e. The molecule has 3 aromatic rings. The Kier molecular flexibility index (Phi) is 5.10. The second-order valence-corrected chi connectivity index (χ2v) is 8.10. The highest BCUT2D eigenvalue weighted by atomic mass is 19.1. The van der Waals surface area contributed by atoms with Crippen molar-refractivity contribution in [1.29, 1.82) is 0 Å². The van der Waals surface area contributed by atoms with Crippen LogP contribution in [-0.4, -0.2) is 18.2 Å². The van der Waals surface area contributed by atoms with Crippen molar-refractivity contribution < 1.29 is 13.9 Å². The van der Waals surface area contributed by atoms with E-state index in [-0.39, 0.29) is 18.3 Å². The fraction of sp³-hybridized carbons (Fsp3) is 0.240. The lowest BCUT2D eigenvalue weighted by Gasteiger charge is -2.26. The van der Waals surface area contributed by atoms with Crippen molar-refractivity contribution in [2.75, 3.05) is 6.61 Å². The molecular formula is C25H24FNO2. The zero-order valence-corrected chi connectivity index (χ0v) is 16.6. The van der Waals surface area contributed by atoms with Gasteiger partial charge in [0.05, 0.1) is 0 Å². The van der Waals surface area contributed by atoms with E-state index in [1.807, 2.05) is 38.1 Å². The van der Waals surface area contributed by atoms with E-state index in [0.29, 0.717) is 12.0 Å². The molecular weight excluding hydrogens is 365 g/mol. The van der Waals surface area contributed by atoms with E-state index in [0.717, 1.165) is 0 Å². The molecule has 148 valence electrons. The largest absolute Gasteiger partial charge is 0.449 e. The van der Waals surface area contributed by atoms with Gasteiger partial charge in [0.2, 0.25) is 0 Å². The first kappa shape index (κ1) is 19.2. The summed E-state index contributed by atoms with van der Waals surface area (Å²) in [6, 6.07) is 23.1. The predicted octanol–water partition coefficient (Wildman–Crippen LogP) is 5.69. The van der Waals surface area contributed by atoms with E-state index in [9.17, 15) is 9.18 Å². The van der Waals surface area contributed by atoms with Crippen LogP contribution in [0.3, 0.4) is 0 Å². The van der Waals surface area contributed by atoms with Crippen molar-refractivity contribution in [3.05, 3.63) is 95.3 Å². The summed E-state index contributed by atoms with van der Waals surface area (Å²) in [6.45, 7) is 3.98. The van der Waals surface area contributed by atoms with Gasteiger partial charge in [-0.2, -0.15) is 0 Å². The van der Waals surface area contributed by atoms with Gasteiger partial charge in [-0.15, -0.1) is 0 Å². The van der Waals surface area contributed by atoms with Crippen LogP contribution in [0.1, 0.15) is 36.5 Å². The molecule has 0 radical (unpaired) electrons. The first-order valence-electron chi connectivity index (χ1n) is 9.81. The summed E-state index contributed by atoms with van der Waals surface area (Å²) in [4.78, 5) is 12.5. The van der Waals surface area contributed by atoms with Crippen molar-refractivity contribution in [2.24, 2.45) is 0 Å². The number of carbonyl (C=O) groups is 1. The molecule has 0 atom stereocenters. The van der Waals surface area contributed by atoms with Gasteiger partial charge >= 0.3 is 6.09 Å². The van der Waals surface area contributed by atoms with Crippen molar-refractivity contribution in [1.82, 2.24) is 5.32 Å². The van der Waals surface area contributed by atoms with E-state index in [1.54, 1.807) is 18.2 Å². The first-order valence-corrected chi connectivity index (χ1v) is 9.81. The van der Waals surface area contributed by atoms with Crippen LogP contribution in [0.4, 0.5) is 9.18 Å². The Morgan fingerprint density at radius 2 is 1.48 bits per heavy atom. The van der Waals surface area contributed by atoms with Gasteiger partial charge in [-0.1, -0.05) is 66.7 Å². The molecule has 3 aromatic carbocycles. The van der Waals surface area contributed by atoms with Gasteiger partial charge in [-0.05, 0) is 54.2 Å². The van der Waals surface area contributed by atoms with Gasteiger partial charge in [0.15, 0.2) is 0 Å². The number of hydrogen-bond acceptors (Lipinski definition) is 2. The molecule has 4 heteroatoms. The van der Waals surface area contributed by atoms with Crippen LogP contribution in [0.5, 0.6) is 0 Å². The van der Waals surface area contributed by atoms with E-state index < -0.39 is 11.6 Å². The summed E-state index contributed by atoms with van der Waals surface area (Å²) in [7, 11) is 0. The topological polar surface area (TPSA) is 38.3 Å². The molecule has 0 heterocycles. The number of nitrogens with one attached hydrogen (secondary N) is 1. The second kappa shape index (κ2) is 7.70. The number of hydrogen-bond donors (Lipinski definition) is 1. The summed E-state index contributed by atoms with van der Waals surface area (Å²) < 4.78 is 19.5. The lowest BCUT2D eigenvalue weighted by atomic mass is 9.95. The number of rotatable bonds is 5. The molecule has 0 fully saturated rings. The Morgan fingerprint density at radius 3 is 2.10 bits per heavy atom. The monoisotopic (exact) mass is 389 g/mol. The van der Waals surface area contributed by atoms with Gasteiger partial charge < -0.3 is 10.1 Å². The van der Waals surface area contributed by atoms with E-state index in [1.165, 1.54) is 28.3 Å². The highest BCUT2D eigenvalue weighted by molar-refractivity contribution is 5.79. The first-order chi connectivity index (χ1) is 13.9. The minimum Gasteiger partial charge on any atom is -0.449 e. The Balaban J connectivity index is 1.43. The summed E-state index contributed by atoms with van der Waals surface area (Å²) >= 11 is 0. The van der Waals surface area contributed by atoms with E-state index >= 15 is 0 Å². The third kappa shape index (κ3) is 4.02. The molecule has 1 aliphatic carbocycles. The fourth-order valence-electron chi connectivity index (χ4n) is 4.07. The van der Waals surface area contributed by atoms with Crippen molar-refractivity contribution in [3.63, 3.8) is 0 Å². The molecule has 1 amide bonds. The van der Waals surface area contributed by atoms with Gasteiger partial charge in [-0.3, -0.25) is 0 Å². The summed E-state index contributed by atoms with van der Waals surface area (Å²) in [5.74, 6) is -0.252. The standard InChI is InChI=1S/C25H24FNO2/c1-25(2,15-17-9-3-8-14-23(17)26)27-24(28)29-16-22-20-12-6-4-10-18(20)19-11-5-7-13-21(19)22/h3-14,22H,15-16H2,1-2H3,(H,27,28). The zero-order valence-electron chi connectivity index (χ0n) is 16.6. The van der Waals surface area contributed by atoms with Crippen LogP contribution in [0.15, 0.2) is 72.8 Å². The van der Waals surface area contributed by atoms with Crippen LogP contribution in [0.25, 0.3) is 11.1 Å². The number of amides is 1. The Bertz CT molecular complexity index is 999. The van der Waals surface area contributed by atoms with Crippen LogP contribution >= 0.6 is 0 Å². The van der Waals surface area contributed by atoms with Crippen LogP contribution < -0.4 is 5.32 Å². The van der Waals surface area contributed by atoms with Crippen LogP contribution in [0.2, 0.25) is 0 Å². The Labute approximate surface area is 170 Å². The zero-order chi connectivity index (χ0) is 20.4. The number of halogens is 1. The molecule has 0 saturated carbocycles. The molecule has 0 saturated heterocycles. The van der Waals surface area contributed by atoms with Crippen molar-refractivity contribution in [3.8, 4) is 11.1 Å². The minimum atomic E-state index is -0.634. The normalized spacial score (nSPS) is 12.9. The highest BCUT2D eigenvalue weighted by Crippen LogP contribution is 2.44. The summed E-state index contributed by atoms with van der Waals surface area (Å²) in [5, 5.41) is 2.88. The van der Waals surface area contributed by atoms with Gasteiger partial charge in [0.1, 0.15) is 12.4 Å². The summed E-state index contributed by atoms with van der Waals surface area (Å²) in [6.07, 6.45) is -0.114. The van der Waals surface area contributed by atoms with Gasteiger partial charge in [0.25, 0.3) is 0 Å². The van der Waals surface area contributed by atoms with Crippen molar-refractivity contribution >= 4 is 6.09 Å². The number of alkyl carbamates (subject to hydrolysis) is 1. The number of benzene rings is 3. The molecule has 0 unspecified atom stereocenters. The van der Waals surface area contributed by atoms with Gasteiger partial charge in [0, 0.05) is 11.5 Å². The second-order valence-electron chi connectivity index (χ2n) is 8.10. The predicted molar refractivity (Wildman–Crippen MR) is 112 cm³/mol. The Morgan fingerprint density at radius 1 is 0.931 bits per heavy atom. The maximum atomic E-state index is 13.9. The number of fused-ring (bicyclic) bond motifs is 3. The average Bonchev–Trinajstić information content (AvgIpc) is 3.02. The lowest BCUT2D eigenvalue weighted by molar-refractivity contribution is 0.133. The van der Waals surface area contributed by atoms with Crippen LogP contribution in [0, 0.1) is 5.82 Å². The van der Waals surface area contributed by atoms with Crippen molar-refractivity contribution in [2.45, 2.75) is 31.7 Å². The lowest BCUT2D eigenvalue weighted by Crippen LogP contribution is -2.45. The minimum absolute atomic E-state index is 0.0165. The molecule has 1 aliphatic rings.